The molecule has 2 amide bonds. The van der Waals surface area contributed by atoms with E-state index in [2.05, 4.69) is 10.6 Å². The van der Waals surface area contributed by atoms with E-state index in [-0.39, 0.29) is 34.8 Å². The van der Waals surface area contributed by atoms with E-state index in [1.165, 1.54) is 50.5 Å². The van der Waals surface area contributed by atoms with Crippen LogP contribution in [0.4, 0.5) is 0 Å². The molecule has 0 unspecified atom stereocenters. The third kappa shape index (κ3) is 5.47. The van der Waals surface area contributed by atoms with Crippen molar-refractivity contribution in [3.8, 4) is 11.5 Å². The first kappa shape index (κ1) is 22.2. The van der Waals surface area contributed by atoms with Gasteiger partial charge in [-0.15, -0.1) is 0 Å². The number of ether oxygens (including phenoxy) is 2. The van der Waals surface area contributed by atoms with Crippen LogP contribution in [0, 0.1) is 13.8 Å². The van der Waals surface area contributed by atoms with Crippen molar-refractivity contribution >= 4 is 21.7 Å². The maximum absolute atomic E-state index is 13.0. The highest BCUT2D eigenvalue weighted by atomic mass is 32.2. The van der Waals surface area contributed by atoms with Gasteiger partial charge >= 0.3 is 0 Å². The summed E-state index contributed by atoms with van der Waals surface area (Å²) in [6.07, 6.45) is 0. The van der Waals surface area contributed by atoms with Crippen LogP contribution in [-0.2, 0) is 19.4 Å². The Hall–Kier alpha value is -3.07. The Morgan fingerprint density at radius 2 is 1.17 bits per heavy atom. The molecule has 8 nitrogen and oxygen atoms in total. The SMILES string of the molecule is CNC(=O)COc1ccc(S(=O)(=O)c2ccc(OCC(=O)NC)c(C)c2)cc1C. The maximum atomic E-state index is 13.0. The topological polar surface area (TPSA) is 111 Å². The summed E-state index contributed by atoms with van der Waals surface area (Å²) in [6.45, 7) is 3.11. The third-order valence-electron chi connectivity index (χ3n) is 4.19. The van der Waals surface area contributed by atoms with E-state index in [9.17, 15) is 18.0 Å². The third-order valence-corrected chi connectivity index (χ3v) is 5.94. The molecule has 0 aromatic heterocycles. The minimum absolute atomic E-state index is 0.112. The summed E-state index contributed by atoms with van der Waals surface area (Å²) < 4.78 is 36.7. The summed E-state index contributed by atoms with van der Waals surface area (Å²) in [6, 6.07) is 8.93. The van der Waals surface area contributed by atoms with Crippen LogP contribution < -0.4 is 20.1 Å². The molecule has 2 aromatic carbocycles. The van der Waals surface area contributed by atoms with E-state index in [0.717, 1.165) is 0 Å². The van der Waals surface area contributed by atoms with Crippen molar-refractivity contribution in [3.05, 3.63) is 47.5 Å². The lowest BCUT2D eigenvalue weighted by Crippen LogP contribution is -2.25. The number of nitrogens with one attached hydrogen (secondary N) is 2. The molecule has 0 aliphatic carbocycles. The van der Waals surface area contributed by atoms with Gasteiger partial charge in [0.2, 0.25) is 9.84 Å². The number of aryl methyl sites for hydroxylation is 2. The summed E-state index contributed by atoms with van der Waals surface area (Å²) in [7, 11) is -0.749. The van der Waals surface area contributed by atoms with Crippen molar-refractivity contribution < 1.29 is 27.5 Å². The lowest BCUT2D eigenvalue weighted by molar-refractivity contribution is -0.123. The second-order valence-corrected chi connectivity index (χ2v) is 8.23. The molecule has 0 aliphatic rings. The predicted octanol–water partition coefficient (Wildman–Crippen LogP) is 1.39. The molecule has 0 saturated carbocycles. The second-order valence-electron chi connectivity index (χ2n) is 6.28. The average molecular weight is 420 g/mol. The molecular weight excluding hydrogens is 396 g/mol. The standard InChI is InChI=1S/C20H24N2O6S/c1-13-9-15(5-7-17(13)27-11-19(23)21-3)29(25,26)16-6-8-18(14(2)10-16)28-12-20(24)22-4/h5-10H,11-12H2,1-4H3,(H,21,23)(H,22,24). The van der Waals surface area contributed by atoms with Crippen molar-refractivity contribution in [1.29, 1.82) is 0 Å². The summed E-state index contributed by atoms with van der Waals surface area (Å²) in [5.74, 6) is 0.300. The maximum Gasteiger partial charge on any atom is 0.257 e. The zero-order valence-corrected chi connectivity index (χ0v) is 17.6. The predicted molar refractivity (Wildman–Crippen MR) is 107 cm³/mol. The van der Waals surface area contributed by atoms with Crippen LogP contribution in [0.1, 0.15) is 11.1 Å². The van der Waals surface area contributed by atoms with Gasteiger partial charge in [-0.2, -0.15) is 0 Å². The molecule has 0 heterocycles. The minimum atomic E-state index is -3.76. The first-order valence-corrected chi connectivity index (χ1v) is 10.3. The van der Waals surface area contributed by atoms with Crippen LogP contribution in [0.25, 0.3) is 0 Å². The molecule has 0 bridgehead atoms. The van der Waals surface area contributed by atoms with Crippen LogP contribution in [0.2, 0.25) is 0 Å². The fraction of sp³-hybridized carbons (Fsp3) is 0.300. The largest absolute Gasteiger partial charge is 0.484 e. The Kier molecular flexibility index (Phi) is 7.22. The Morgan fingerprint density at radius 1 is 0.793 bits per heavy atom. The van der Waals surface area contributed by atoms with Crippen molar-refractivity contribution in [2.24, 2.45) is 0 Å². The normalized spacial score (nSPS) is 10.9. The molecule has 0 spiro atoms. The quantitative estimate of drug-likeness (QED) is 0.668. The zero-order chi connectivity index (χ0) is 21.6. The van der Waals surface area contributed by atoms with Gasteiger partial charge in [0.1, 0.15) is 11.5 Å². The zero-order valence-electron chi connectivity index (χ0n) is 16.7. The number of amides is 2. The molecule has 0 aliphatic heterocycles. The van der Waals surface area contributed by atoms with Gasteiger partial charge in [0.15, 0.2) is 13.2 Å². The van der Waals surface area contributed by atoms with Crippen LogP contribution in [0.3, 0.4) is 0 Å². The summed E-state index contributed by atoms with van der Waals surface area (Å²) in [5.41, 5.74) is 1.19. The van der Waals surface area contributed by atoms with Crippen molar-refractivity contribution in [1.82, 2.24) is 10.6 Å². The molecular formula is C20H24N2O6S. The first-order chi connectivity index (χ1) is 13.7. The number of likely N-dealkylation sites (N-methyl/N-ethyl adjacent to an activating group) is 2. The minimum Gasteiger partial charge on any atom is -0.484 e. The van der Waals surface area contributed by atoms with Gasteiger partial charge < -0.3 is 20.1 Å². The number of carbonyl (C=O) groups excluding carboxylic acids is 2. The van der Waals surface area contributed by atoms with Crippen molar-refractivity contribution in [2.45, 2.75) is 23.6 Å². The smallest absolute Gasteiger partial charge is 0.257 e. The molecule has 2 N–H and O–H groups in total. The highest BCUT2D eigenvalue weighted by Crippen LogP contribution is 2.29. The summed E-state index contributed by atoms with van der Waals surface area (Å²) in [4.78, 5) is 22.8. The Labute approximate surface area is 170 Å². The van der Waals surface area contributed by atoms with Gasteiger partial charge in [-0.25, -0.2) is 8.42 Å². The second kappa shape index (κ2) is 9.42. The highest BCUT2D eigenvalue weighted by molar-refractivity contribution is 7.91. The van der Waals surface area contributed by atoms with Crippen LogP contribution in [0.15, 0.2) is 46.2 Å². The van der Waals surface area contributed by atoms with Gasteiger partial charge in [-0.1, -0.05) is 0 Å². The fourth-order valence-corrected chi connectivity index (χ4v) is 3.90. The monoisotopic (exact) mass is 420 g/mol. The number of hydrogen-bond acceptors (Lipinski definition) is 6. The van der Waals surface area contributed by atoms with Gasteiger partial charge in [-0.3, -0.25) is 9.59 Å². The highest BCUT2D eigenvalue weighted by Gasteiger charge is 2.20. The molecule has 9 heteroatoms. The number of hydrogen-bond donors (Lipinski definition) is 2. The average Bonchev–Trinajstić information content (AvgIpc) is 2.71. The lowest BCUT2D eigenvalue weighted by atomic mass is 10.2. The van der Waals surface area contributed by atoms with Gasteiger partial charge in [-0.05, 0) is 61.4 Å². The molecule has 2 aromatic rings. The molecule has 156 valence electrons. The van der Waals surface area contributed by atoms with Crippen LogP contribution in [-0.4, -0.2) is 47.5 Å². The Morgan fingerprint density at radius 3 is 1.48 bits per heavy atom. The van der Waals surface area contributed by atoms with Gasteiger partial charge in [0.05, 0.1) is 9.79 Å². The number of sulfone groups is 1. The summed E-state index contributed by atoms with van der Waals surface area (Å²) >= 11 is 0. The number of carbonyl (C=O) groups is 2. The van der Waals surface area contributed by atoms with Crippen LogP contribution in [0.5, 0.6) is 11.5 Å². The molecule has 0 fully saturated rings. The lowest BCUT2D eigenvalue weighted by Gasteiger charge is -2.12. The number of rotatable bonds is 8. The molecule has 2 rings (SSSR count). The van der Waals surface area contributed by atoms with Gasteiger partial charge in [0, 0.05) is 14.1 Å². The van der Waals surface area contributed by atoms with Crippen molar-refractivity contribution in [3.63, 3.8) is 0 Å². The van der Waals surface area contributed by atoms with E-state index in [1.807, 2.05) is 0 Å². The number of benzene rings is 2. The molecule has 0 radical (unpaired) electrons. The molecule has 29 heavy (non-hydrogen) atoms. The van der Waals surface area contributed by atoms with Crippen LogP contribution >= 0.6 is 0 Å². The van der Waals surface area contributed by atoms with E-state index < -0.39 is 9.84 Å². The van der Waals surface area contributed by atoms with E-state index in [4.69, 9.17) is 9.47 Å². The Bertz CT molecular complexity index is 942. The van der Waals surface area contributed by atoms with Gasteiger partial charge in [0.25, 0.3) is 11.8 Å². The summed E-state index contributed by atoms with van der Waals surface area (Å²) in [5, 5.41) is 4.90. The fourth-order valence-electron chi connectivity index (χ4n) is 2.47. The first-order valence-electron chi connectivity index (χ1n) is 8.82. The van der Waals surface area contributed by atoms with E-state index in [1.54, 1.807) is 13.8 Å². The molecule has 0 atom stereocenters. The Balaban J connectivity index is 2.24. The van der Waals surface area contributed by atoms with E-state index >= 15 is 0 Å². The van der Waals surface area contributed by atoms with Crippen molar-refractivity contribution in [2.75, 3.05) is 27.3 Å². The van der Waals surface area contributed by atoms with E-state index in [0.29, 0.717) is 22.6 Å². The molecule has 0 saturated heterocycles.